The first-order chi connectivity index (χ1) is 7.81. The maximum Gasteiger partial charge on any atom is 0.186 e. The lowest BCUT2D eigenvalue weighted by Crippen LogP contribution is -2.36. The SMILES string of the molecule is Cc1nc(N2CCOCC2)sc1C=CC=O. The molecule has 2 rings (SSSR count). The molecule has 0 aliphatic carbocycles. The van der Waals surface area contributed by atoms with E-state index < -0.39 is 0 Å². The Labute approximate surface area is 98.6 Å². The number of carbonyl (C=O) groups is 1. The van der Waals surface area contributed by atoms with E-state index in [1.54, 1.807) is 11.3 Å². The Hall–Kier alpha value is -1.20. The average molecular weight is 238 g/mol. The smallest absolute Gasteiger partial charge is 0.186 e. The minimum atomic E-state index is 0.762. The van der Waals surface area contributed by atoms with Gasteiger partial charge in [-0.05, 0) is 19.1 Å². The second-order valence-corrected chi connectivity index (χ2v) is 4.55. The largest absolute Gasteiger partial charge is 0.378 e. The molecule has 86 valence electrons. The number of allylic oxidation sites excluding steroid dienone is 1. The highest BCUT2D eigenvalue weighted by atomic mass is 32.1. The first kappa shape index (κ1) is 11.3. The van der Waals surface area contributed by atoms with E-state index >= 15 is 0 Å². The summed E-state index contributed by atoms with van der Waals surface area (Å²) in [5.74, 6) is 0. The average Bonchev–Trinajstić information content (AvgIpc) is 2.69. The number of carbonyl (C=O) groups excluding carboxylic acids is 1. The molecule has 1 fully saturated rings. The van der Waals surface area contributed by atoms with Gasteiger partial charge in [0.05, 0.1) is 23.8 Å². The fourth-order valence-electron chi connectivity index (χ4n) is 1.56. The fourth-order valence-corrected chi connectivity index (χ4v) is 2.60. The van der Waals surface area contributed by atoms with Crippen LogP contribution in [0.4, 0.5) is 5.13 Å². The first-order valence-electron chi connectivity index (χ1n) is 5.23. The van der Waals surface area contributed by atoms with Gasteiger partial charge < -0.3 is 9.64 Å². The van der Waals surface area contributed by atoms with Gasteiger partial charge in [-0.1, -0.05) is 11.3 Å². The molecule has 4 nitrogen and oxygen atoms in total. The highest BCUT2D eigenvalue weighted by molar-refractivity contribution is 7.16. The summed E-state index contributed by atoms with van der Waals surface area (Å²) in [4.78, 5) is 18.0. The summed E-state index contributed by atoms with van der Waals surface area (Å²) in [7, 11) is 0. The van der Waals surface area contributed by atoms with Crippen LogP contribution in [0, 0.1) is 6.92 Å². The number of anilines is 1. The Balaban J connectivity index is 2.15. The standard InChI is InChI=1S/C11H14N2O2S/c1-9-10(3-2-6-14)16-11(12-9)13-4-7-15-8-5-13/h2-3,6H,4-5,7-8H2,1H3. The number of aldehydes is 1. The number of aryl methyl sites for hydroxylation is 1. The number of rotatable bonds is 3. The van der Waals surface area contributed by atoms with E-state index in [0.717, 1.165) is 48.3 Å². The number of hydrogen-bond acceptors (Lipinski definition) is 5. The maximum absolute atomic E-state index is 10.3. The molecular formula is C11H14N2O2S. The third kappa shape index (κ3) is 2.48. The molecule has 0 bridgehead atoms. The lowest BCUT2D eigenvalue weighted by atomic mass is 10.3. The van der Waals surface area contributed by atoms with Crippen molar-refractivity contribution in [2.75, 3.05) is 31.2 Å². The minimum absolute atomic E-state index is 0.762. The highest BCUT2D eigenvalue weighted by Crippen LogP contribution is 2.27. The van der Waals surface area contributed by atoms with Crippen LogP contribution in [-0.2, 0) is 9.53 Å². The van der Waals surface area contributed by atoms with E-state index in [1.165, 1.54) is 6.08 Å². The van der Waals surface area contributed by atoms with Crippen LogP contribution >= 0.6 is 11.3 Å². The summed E-state index contributed by atoms with van der Waals surface area (Å²) in [6.45, 7) is 5.27. The monoisotopic (exact) mass is 238 g/mol. The van der Waals surface area contributed by atoms with E-state index in [9.17, 15) is 4.79 Å². The van der Waals surface area contributed by atoms with Crippen molar-refractivity contribution in [3.63, 3.8) is 0 Å². The normalized spacial score (nSPS) is 16.9. The molecule has 1 aliphatic rings. The van der Waals surface area contributed by atoms with Gasteiger partial charge in [0.1, 0.15) is 6.29 Å². The number of thiazole rings is 1. The molecule has 0 amide bonds. The molecule has 1 aromatic rings. The van der Waals surface area contributed by atoms with Crippen LogP contribution in [0.3, 0.4) is 0 Å². The van der Waals surface area contributed by atoms with Gasteiger partial charge in [-0.25, -0.2) is 4.98 Å². The second kappa shape index (κ2) is 5.23. The summed E-state index contributed by atoms with van der Waals surface area (Å²) < 4.78 is 5.30. The molecule has 1 saturated heterocycles. The molecule has 1 aromatic heterocycles. The van der Waals surface area contributed by atoms with E-state index in [4.69, 9.17) is 4.74 Å². The van der Waals surface area contributed by atoms with E-state index in [0.29, 0.717) is 0 Å². The molecule has 0 atom stereocenters. The van der Waals surface area contributed by atoms with Crippen LogP contribution in [-0.4, -0.2) is 37.6 Å². The van der Waals surface area contributed by atoms with Crippen LogP contribution in [0.15, 0.2) is 6.08 Å². The van der Waals surface area contributed by atoms with Crippen molar-refractivity contribution in [3.8, 4) is 0 Å². The van der Waals surface area contributed by atoms with Crippen LogP contribution in [0.2, 0.25) is 0 Å². The van der Waals surface area contributed by atoms with Gasteiger partial charge in [-0.2, -0.15) is 0 Å². The zero-order valence-corrected chi connectivity index (χ0v) is 10.00. The molecule has 0 aromatic carbocycles. The third-order valence-electron chi connectivity index (χ3n) is 2.43. The Morgan fingerprint density at radius 2 is 2.19 bits per heavy atom. The molecule has 0 unspecified atom stereocenters. The minimum Gasteiger partial charge on any atom is -0.378 e. The number of morpholine rings is 1. The number of ether oxygens (including phenoxy) is 1. The van der Waals surface area contributed by atoms with E-state index in [-0.39, 0.29) is 0 Å². The van der Waals surface area contributed by atoms with Crippen LogP contribution in [0.5, 0.6) is 0 Å². The Bertz CT molecular complexity index is 395. The quantitative estimate of drug-likeness (QED) is 0.591. The summed E-state index contributed by atoms with van der Waals surface area (Å²) in [5, 5.41) is 1.02. The van der Waals surface area contributed by atoms with Crippen molar-refractivity contribution in [1.82, 2.24) is 4.98 Å². The maximum atomic E-state index is 10.3. The molecule has 0 N–H and O–H groups in total. The molecule has 0 spiro atoms. The molecule has 0 saturated carbocycles. The highest BCUT2D eigenvalue weighted by Gasteiger charge is 2.15. The summed E-state index contributed by atoms with van der Waals surface area (Å²) in [6, 6.07) is 0. The lowest BCUT2D eigenvalue weighted by molar-refractivity contribution is -0.104. The zero-order valence-electron chi connectivity index (χ0n) is 9.18. The molecule has 0 radical (unpaired) electrons. The predicted octanol–water partition coefficient (Wildman–Crippen LogP) is 1.50. The van der Waals surface area contributed by atoms with Crippen molar-refractivity contribution in [2.45, 2.75) is 6.92 Å². The van der Waals surface area contributed by atoms with Gasteiger partial charge in [-0.15, -0.1) is 0 Å². The van der Waals surface area contributed by atoms with Crippen molar-refractivity contribution >= 4 is 28.8 Å². The zero-order chi connectivity index (χ0) is 11.4. The van der Waals surface area contributed by atoms with Crippen molar-refractivity contribution in [2.24, 2.45) is 0 Å². The lowest BCUT2D eigenvalue weighted by Gasteiger charge is -2.25. The van der Waals surface area contributed by atoms with Crippen molar-refractivity contribution in [3.05, 3.63) is 16.6 Å². The summed E-state index contributed by atoms with van der Waals surface area (Å²) in [6.07, 6.45) is 4.10. The van der Waals surface area contributed by atoms with Gasteiger partial charge in [0.15, 0.2) is 5.13 Å². The molecule has 16 heavy (non-hydrogen) atoms. The number of hydrogen-bond donors (Lipinski definition) is 0. The first-order valence-corrected chi connectivity index (χ1v) is 6.05. The molecule has 1 aliphatic heterocycles. The van der Waals surface area contributed by atoms with Crippen LogP contribution in [0.25, 0.3) is 6.08 Å². The van der Waals surface area contributed by atoms with Gasteiger partial charge in [0, 0.05) is 13.1 Å². The van der Waals surface area contributed by atoms with Crippen LogP contribution in [0.1, 0.15) is 10.6 Å². The van der Waals surface area contributed by atoms with E-state index in [2.05, 4.69) is 9.88 Å². The third-order valence-corrected chi connectivity index (χ3v) is 3.61. The number of nitrogens with zero attached hydrogens (tertiary/aromatic N) is 2. The molecule has 5 heteroatoms. The topological polar surface area (TPSA) is 42.4 Å². The van der Waals surface area contributed by atoms with E-state index in [1.807, 2.05) is 13.0 Å². The summed E-state index contributed by atoms with van der Waals surface area (Å²) >= 11 is 1.62. The fraction of sp³-hybridized carbons (Fsp3) is 0.455. The Morgan fingerprint density at radius 3 is 2.88 bits per heavy atom. The second-order valence-electron chi connectivity index (χ2n) is 3.54. The number of aromatic nitrogens is 1. The predicted molar refractivity (Wildman–Crippen MR) is 65.0 cm³/mol. The van der Waals surface area contributed by atoms with Gasteiger partial charge in [0.25, 0.3) is 0 Å². The van der Waals surface area contributed by atoms with Gasteiger partial charge in [-0.3, -0.25) is 4.79 Å². The van der Waals surface area contributed by atoms with Gasteiger partial charge in [0.2, 0.25) is 0 Å². The molecular weight excluding hydrogens is 224 g/mol. The Kier molecular flexibility index (Phi) is 3.69. The Morgan fingerprint density at radius 1 is 1.44 bits per heavy atom. The van der Waals surface area contributed by atoms with Crippen LogP contribution < -0.4 is 4.90 Å². The molecule has 2 heterocycles. The van der Waals surface area contributed by atoms with Gasteiger partial charge >= 0.3 is 0 Å². The van der Waals surface area contributed by atoms with Crippen molar-refractivity contribution < 1.29 is 9.53 Å². The summed E-state index contributed by atoms with van der Waals surface area (Å²) in [5.41, 5.74) is 0.976. The van der Waals surface area contributed by atoms with Crippen molar-refractivity contribution in [1.29, 1.82) is 0 Å².